The van der Waals surface area contributed by atoms with Crippen LogP contribution in [0, 0.1) is 0 Å². The Labute approximate surface area is 99.2 Å². The van der Waals surface area contributed by atoms with Crippen LogP contribution < -0.4 is 4.74 Å². The van der Waals surface area contributed by atoms with Crippen molar-refractivity contribution in [1.82, 2.24) is 4.98 Å². The van der Waals surface area contributed by atoms with Gasteiger partial charge in [0.15, 0.2) is 10.8 Å². The van der Waals surface area contributed by atoms with Crippen LogP contribution in [-0.2, 0) is 0 Å². The minimum absolute atomic E-state index is 0.0120. The number of hydrogen-bond donors (Lipinski definition) is 0. The fraction of sp³-hybridized carbons (Fsp3) is 0.200. The summed E-state index contributed by atoms with van der Waals surface area (Å²) >= 11 is 4.82. The SMILES string of the molecule is COc1cc(Br)c2sc(C(C)=O)nc2c1. The second-order valence-corrected chi connectivity index (χ2v) is 4.89. The van der Waals surface area contributed by atoms with Crippen LogP contribution in [-0.4, -0.2) is 17.9 Å². The summed E-state index contributed by atoms with van der Waals surface area (Å²) in [5, 5.41) is 0.527. The first-order valence-electron chi connectivity index (χ1n) is 4.27. The average molecular weight is 286 g/mol. The maximum absolute atomic E-state index is 11.2. The standard InChI is InChI=1S/C10H8BrNO2S/c1-5(13)10-12-8-4-6(14-2)3-7(11)9(8)15-10/h3-4H,1-2H3. The Hall–Kier alpha value is -0.940. The third-order valence-electron chi connectivity index (χ3n) is 1.96. The summed E-state index contributed by atoms with van der Waals surface area (Å²) in [7, 11) is 1.60. The zero-order valence-electron chi connectivity index (χ0n) is 8.20. The van der Waals surface area contributed by atoms with Crippen LogP contribution in [0.15, 0.2) is 16.6 Å². The fourth-order valence-electron chi connectivity index (χ4n) is 1.24. The van der Waals surface area contributed by atoms with Crippen LogP contribution in [0.4, 0.5) is 0 Å². The van der Waals surface area contributed by atoms with Gasteiger partial charge in [0.25, 0.3) is 0 Å². The molecule has 5 heteroatoms. The molecule has 0 radical (unpaired) electrons. The molecule has 0 saturated heterocycles. The topological polar surface area (TPSA) is 39.2 Å². The summed E-state index contributed by atoms with van der Waals surface area (Å²) in [6.07, 6.45) is 0. The number of carbonyl (C=O) groups is 1. The molecule has 0 aliphatic rings. The summed E-state index contributed by atoms with van der Waals surface area (Å²) in [5.74, 6) is 0.719. The Morgan fingerprint density at radius 2 is 2.27 bits per heavy atom. The Kier molecular flexibility index (Phi) is 2.75. The molecule has 1 aromatic heterocycles. The van der Waals surface area contributed by atoms with Crippen molar-refractivity contribution in [3.8, 4) is 5.75 Å². The van der Waals surface area contributed by atoms with E-state index in [1.165, 1.54) is 18.3 Å². The van der Waals surface area contributed by atoms with E-state index in [1.54, 1.807) is 7.11 Å². The molecule has 1 aromatic carbocycles. The molecule has 0 amide bonds. The van der Waals surface area contributed by atoms with Crippen LogP contribution in [0.1, 0.15) is 16.7 Å². The van der Waals surface area contributed by atoms with Gasteiger partial charge in [0.1, 0.15) is 5.75 Å². The van der Waals surface area contributed by atoms with Gasteiger partial charge >= 0.3 is 0 Å². The number of rotatable bonds is 2. The number of methoxy groups -OCH3 is 1. The first-order valence-corrected chi connectivity index (χ1v) is 5.88. The normalized spacial score (nSPS) is 10.6. The molecule has 0 bridgehead atoms. The smallest absolute Gasteiger partial charge is 0.188 e. The highest BCUT2D eigenvalue weighted by atomic mass is 79.9. The molecule has 0 unspecified atom stereocenters. The van der Waals surface area contributed by atoms with E-state index in [2.05, 4.69) is 20.9 Å². The first-order chi connectivity index (χ1) is 7.11. The molecule has 0 fully saturated rings. The molecule has 0 N–H and O–H groups in total. The number of hydrogen-bond acceptors (Lipinski definition) is 4. The van der Waals surface area contributed by atoms with Crippen LogP contribution in [0.3, 0.4) is 0 Å². The Balaban J connectivity index is 2.69. The van der Waals surface area contributed by atoms with E-state index in [4.69, 9.17) is 4.74 Å². The van der Waals surface area contributed by atoms with Crippen molar-refractivity contribution in [3.05, 3.63) is 21.6 Å². The van der Waals surface area contributed by atoms with Crippen molar-refractivity contribution in [2.45, 2.75) is 6.92 Å². The van der Waals surface area contributed by atoms with Gasteiger partial charge in [-0.25, -0.2) is 4.98 Å². The number of benzene rings is 1. The molecule has 0 spiro atoms. The van der Waals surface area contributed by atoms with E-state index < -0.39 is 0 Å². The third-order valence-corrected chi connectivity index (χ3v) is 4.05. The summed E-state index contributed by atoms with van der Waals surface area (Å²) in [6, 6.07) is 3.69. The molecule has 78 valence electrons. The van der Waals surface area contributed by atoms with Gasteiger partial charge < -0.3 is 4.74 Å². The predicted octanol–water partition coefficient (Wildman–Crippen LogP) is 3.27. The van der Waals surface area contributed by atoms with Gasteiger partial charge in [-0.1, -0.05) is 0 Å². The van der Waals surface area contributed by atoms with E-state index in [0.717, 1.165) is 20.4 Å². The zero-order chi connectivity index (χ0) is 11.0. The van der Waals surface area contributed by atoms with Crippen LogP contribution in [0.2, 0.25) is 0 Å². The monoisotopic (exact) mass is 285 g/mol. The first kappa shape index (κ1) is 10.6. The molecule has 0 atom stereocenters. The third kappa shape index (κ3) is 1.89. The largest absolute Gasteiger partial charge is 0.497 e. The van der Waals surface area contributed by atoms with Gasteiger partial charge in [-0.05, 0) is 22.0 Å². The predicted molar refractivity (Wildman–Crippen MR) is 63.9 cm³/mol. The number of halogens is 1. The minimum atomic E-state index is -0.0120. The van der Waals surface area contributed by atoms with Gasteiger partial charge in [-0.3, -0.25) is 4.79 Å². The lowest BCUT2D eigenvalue weighted by atomic mass is 10.3. The number of Topliss-reactive ketones (excluding diaryl/α,β-unsaturated/α-hetero) is 1. The quantitative estimate of drug-likeness (QED) is 0.795. The van der Waals surface area contributed by atoms with Crippen molar-refractivity contribution in [1.29, 1.82) is 0 Å². The van der Waals surface area contributed by atoms with Crippen molar-refractivity contribution in [3.63, 3.8) is 0 Å². The summed E-state index contributed by atoms with van der Waals surface area (Å²) < 4.78 is 7.00. The van der Waals surface area contributed by atoms with E-state index in [1.807, 2.05) is 12.1 Å². The zero-order valence-corrected chi connectivity index (χ0v) is 10.6. The highest BCUT2D eigenvalue weighted by molar-refractivity contribution is 9.10. The second kappa shape index (κ2) is 3.90. The number of carbonyl (C=O) groups excluding carboxylic acids is 1. The number of ether oxygens (including phenoxy) is 1. The molecular formula is C10H8BrNO2S. The molecule has 3 nitrogen and oxygen atoms in total. The highest BCUT2D eigenvalue weighted by Crippen LogP contribution is 2.33. The second-order valence-electron chi connectivity index (χ2n) is 3.03. The molecule has 0 saturated carbocycles. The molecule has 2 aromatic rings. The summed E-state index contributed by atoms with van der Waals surface area (Å²) in [4.78, 5) is 15.4. The molecule has 15 heavy (non-hydrogen) atoms. The Morgan fingerprint density at radius 1 is 1.53 bits per heavy atom. The van der Waals surface area contributed by atoms with E-state index in [9.17, 15) is 4.79 Å². The maximum atomic E-state index is 11.2. The van der Waals surface area contributed by atoms with Crippen molar-refractivity contribution < 1.29 is 9.53 Å². The van der Waals surface area contributed by atoms with Crippen LogP contribution in [0.25, 0.3) is 10.2 Å². The van der Waals surface area contributed by atoms with Gasteiger partial charge in [0.2, 0.25) is 0 Å². The number of fused-ring (bicyclic) bond motifs is 1. The molecule has 0 aliphatic carbocycles. The highest BCUT2D eigenvalue weighted by Gasteiger charge is 2.11. The maximum Gasteiger partial charge on any atom is 0.188 e. The minimum Gasteiger partial charge on any atom is -0.497 e. The Morgan fingerprint density at radius 3 is 2.87 bits per heavy atom. The van der Waals surface area contributed by atoms with Gasteiger partial charge in [0.05, 0.1) is 17.3 Å². The van der Waals surface area contributed by atoms with E-state index >= 15 is 0 Å². The summed E-state index contributed by atoms with van der Waals surface area (Å²) in [5.41, 5.74) is 0.788. The molecule has 0 aliphatic heterocycles. The van der Waals surface area contributed by atoms with Crippen molar-refractivity contribution in [2.24, 2.45) is 0 Å². The van der Waals surface area contributed by atoms with Gasteiger partial charge in [-0.2, -0.15) is 0 Å². The van der Waals surface area contributed by atoms with Crippen LogP contribution >= 0.6 is 27.3 Å². The van der Waals surface area contributed by atoms with E-state index in [0.29, 0.717) is 5.01 Å². The van der Waals surface area contributed by atoms with Gasteiger partial charge in [-0.15, -0.1) is 11.3 Å². The van der Waals surface area contributed by atoms with Crippen molar-refractivity contribution >= 4 is 43.3 Å². The lowest BCUT2D eigenvalue weighted by Gasteiger charge is -1.99. The average Bonchev–Trinajstić information content (AvgIpc) is 2.61. The number of ketones is 1. The van der Waals surface area contributed by atoms with E-state index in [-0.39, 0.29) is 5.78 Å². The van der Waals surface area contributed by atoms with Crippen molar-refractivity contribution in [2.75, 3.05) is 7.11 Å². The van der Waals surface area contributed by atoms with Crippen LogP contribution in [0.5, 0.6) is 5.75 Å². The number of thiazole rings is 1. The lowest BCUT2D eigenvalue weighted by molar-refractivity contribution is 0.101. The fourth-order valence-corrected chi connectivity index (χ4v) is 2.75. The molecule has 1 heterocycles. The number of aromatic nitrogens is 1. The Bertz CT molecular complexity index is 535. The molecular weight excluding hydrogens is 278 g/mol. The molecule has 2 rings (SSSR count). The lowest BCUT2D eigenvalue weighted by Crippen LogP contribution is -1.88. The van der Waals surface area contributed by atoms with Gasteiger partial charge in [0, 0.05) is 17.5 Å². The number of nitrogens with zero attached hydrogens (tertiary/aromatic N) is 1. The summed E-state index contributed by atoms with van der Waals surface area (Å²) in [6.45, 7) is 1.52.